The molecule has 0 atom stereocenters. The molecule has 0 unspecified atom stereocenters. The summed E-state index contributed by atoms with van der Waals surface area (Å²) in [6, 6.07) is 17.2. The van der Waals surface area contributed by atoms with Crippen molar-refractivity contribution in [3.63, 3.8) is 0 Å². The van der Waals surface area contributed by atoms with Crippen LogP contribution in [-0.2, 0) is 0 Å². The first-order chi connectivity index (χ1) is 12.5. The Bertz CT molecular complexity index is 873. The lowest BCUT2D eigenvalue weighted by Gasteiger charge is -2.09. The Morgan fingerprint density at radius 2 is 1.50 bits per heavy atom. The number of benzene rings is 2. The second-order valence-electron chi connectivity index (χ2n) is 6.29. The number of carbonyl (C=O) groups is 1. The normalized spacial score (nSPS) is 10.6. The molecule has 0 radical (unpaired) electrons. The molecule has 0 saturated heterocycles. The van der Waals surface area contributed by atoms with Crippen LogP contribution in [0.15, 0.2) is 66.9 Å². The second-order valence-corrected chi connectivity index (χ2v) is 6.29. The van der Waals surface area contributed by atoms with E-state index in [2.05, 4.69) is 29.5 Å². The number of hydrogen-bond donors (Lipinski definition) is 2. The summed E-state index contributed by atoms with van der Waals surface area (Å²) >= 11 is 0. The van der Waals surface area contributed by atoms with Crippen LogP contribution in [0.2, 0.25) is 0 Å². The molecule has 0 fully saturated rings. The third kappa shape index (κ3) is 4.45. The maximum Gasteiger partial charge on any atom is 0.274 e. The number of nitrogens with one attached hydrogen (secondary N) is 2. The van der Waals surface area contributed by atoms with Crippen molar-refractivity contribution in [3.05, 3.63) is 83.9 Å². The van der Waals surface area contributed by atoms with E-state index in [-0.39, 0.29) is 11.7 Å². The fraction of sp³-hybridized carbons (Fsp3) is 0.143. The molecule has 3 aromatic rings. The first-order valence-electron chi connectivity index (χ1n) is 8.41. The van der Waals surface area contributed by atoms with Crippen LogP contribution in [0, 0.1) is 5.82 Å². The summed E-state index contributed by atoms with van der Waals surface area (Å²) in [7, 11) is 0. The van der Waals surface area contributed by atoms with Crippen LogP contribution >= 0.6 is 0 Å². The van der Waals surface area contributed by atoms with E-state index in [1.54, 1.807) is 30.5 Å². The van der Waals surface area contributed by atoms with Crippen molar-refractivity contribution in [1.29, 1.82) is 0 Å². The van der Waals surface area contributed by atoms with Gasteiger partial charge in [-0.3, -0.25) is 4.79 Å². The fourth-order valence-electron chi connectivity index (χ4n) is 2.45. The predicted molar refractivity (Wildman–Crippen MR) is 102 cm³/mol. The van der Waals surface area contributed by atoms with Gasteiger partial charge in [0, 0.05) is 11.4 Å². The van der Waals surface area contributed by atoms with Crippen molar-refractivity contribution in [2.24, 2.45) is 0 Å². The molecule has 5 heteroatoms. The zero-order valence-electron chi connectivity index (χ0n) is 14.7. The molecule has 0 aliphatic rings. The van der Waals surface area contributed by atoms with Gasteiger partial charge in [0.15, 0.2) is 0 Å². The van der Waals surface area contributed by atoms with Crippen LogP contribution in [0.25, 0.3) is 0 Å². The number of carbonyl (C=O) groups excluding carboxylic acids is 1. The van der Waals surface area contributed by atoms with Gasteiger partial charge < -0.3 is 10.6 Å². The topological polar surface area (TPSA) is 54.0 Å². The highest BCUT2D eigenvalue weighted by Gasteiger charge is 2.08. The third-order valence-corrected chi connectivity index (χ3v) is 3.96. The van der Waals surface area contributed by atoms with Gasteiger partial charge in [0.25, 0.3) is 5.91 Å². The molecular weight excluding hydrogens is 329 g/mol. The highest BCUT2D eigenvalue weighted by Crippen LogP contribution is 2.19. The van der Waals surface area contributed by atoms with E-state index in [9.17, 15) is 9.18 Å². The summed E-state index contributed by atoms with van der Waals surface area (Å²) in [5.74, 6) is -0.111. The van der Waals surface area contributed by atoms with E-state index in [1.165, 1.54) is 17.7 Å². The maximum atomic E-state index is 12.9. The number of aromatic nitrogens is 1. The van der Waals surface area contributed by atoms with E-state index < -0.39 is 0 Å². The maximum absolute atomic E-state index is 12.9. The van der Waals surface area contributed by atoms with Crippen LogP contribution in [0.3, 0.4) is 0 Å². The molecule has 3 rings (SSSR count). The first kappa shape index (κ1) is 17.6. The molecule has 2 N–H and O–H groups in total. The number of hydrogen-bond acceptors (Lipinski definition) is 3. The van der Waals surface area contributed by atoms with Crippen molar-refractivity contribution in [2.45, 2.75) is 19.8 Å². The molecule has 132 valence electrons. The standard InChI is InChI=1S/C21H20FN3O/c1-14(2)15-3-7-18(8-4-15)25-21(26)20-12-11-19(13-23-20)24-17-9-5-16(22)6-10-17/h3-14,24H,1-2H3,(H,25,26). The van der Waals surface area contributed by atoms with Crippen LogP contribution in [-0.4, -0.2) is 10.9 Å². The van der Waals surface area contributed by atoms with E-state index in [0.717, 1.165) is 17.1 Å². The number of rotatable bonds is 5. The van der Waals surface area contributed by atoms with Gasteiger partial charge in [0.1, 0.15) is 11.5 Å². The number of pyridine rings is 1. The van der Waals surface area contributed by atoms with Crippen molar-refractivity contribution in [1.82, 2.24) is 4.98 Å². The van der Waals surface area contributed by atoms with Gasteiger partial charge >= 0.3 is 0 Å². The Morgan fingerprint density at radius 1 is 0.885 bits per heavy atom. The van der Waals surface area contributed by atoms with Gasteiger partial charge in [-0.2, -0.15) is 0 Å². The zero-order valence-corrected chi connectivity index (χ0v) is 14.7. The average Bonchev–Trinajstić information content (AvgIpc) is 2.64. The predicted octanol–water partition coefficient (Wildman–Crippen LogP) is 5.34. The number of halogens is 1. The highest BCUT2D eigenvalue weighted by molar-refractivity contribution is 6.02. The largest absolute Gasteiger partial charge is 0.354 e. The lowest BCUT2D eigenvalue weighted by atomic mass is 10.0. The number of anilines is 3. The summed E-state index contributed by atoms with van der Waals surface area (Å²) < 4.78 is 12.9. The Kier molecular flexibility index (Phi) is 5.27. The third-order valence-electron chi connectivity index (χ3n) is 3.96. The van der Waals surface area contributed by atoms with E-state index >= 15 is 0 Å². The minimum Gasteiger partial charge on any atom is -0.354 e. The summed E-state index contributed by atoms with van der Waals surface area (Å²) in [6.45, 7) is 4.25. The smallest absolute Gasteiger partial charge is 0.274 e. The van der Waals surface area contributed by atoms with E-state index in [0.29, 0.717) is 11.6 Å². The Hall–Kier alpha value is -3.21. The van der Waals surface area contributed by atoms with Crippen LogP contribution in [0.5, 0.6) is 0 Å². The molecule has 4 nitrogen and oxygen atoms in total. The van der Waals surface area contributed by atoms with Crippen molar-refractivity contribution >= 4 is 23.0 Å². The summed E-state index contributed by atoms with van der Waals surface area (Å²) in [6.07, 6.45) is 1.57. The quantitative estimate of drug-likeness (QED) is 0.654. The van der Waals surface area contributed by atoms with E-state index in [4.69, 9.17) is 0 Å². The molecular formula is C21H20FN3O. The number of amides is 1. The lowest BCUT2D eigenvalue weighted by Crippen LogP contribution is -2.13. The van der Waals surface area contributed by atoms with Crippen molar-refractivity contribution < 1.29 is 9.18 Å². The van der Waals surface area contributed by atoms with Gasteiger partial charge in [-0.15, -0.1) is 0 Å². The molecule has 1 amide bonds. The van der Waals surface area contributed by atoms with Crippen LogP contribution in [0.4, 0.5) is 21.5 Å². The van der Waals surface area contributed by atoms with Gasteiger partial charge in [0.05, 0.1) is 11.9 Å². The molecule has 2 aromatic carbocycles. The molecule has 0 saturated carbocycles. The van der Waals surface area contributed by atoms with Gasteiger partial charge in [-0.05, 0) is 60.0 Å². The molecule has 0 bridgehead atoms. The van der Waals surface area contributed by atoms with E-state index in [1.807, 2.05) is 24.3 Å². The molecule has 0 aliphatic heterocycles. The molecule has 0 spiro atoms. The summed E-state index contributed by atoms with van der Waals surface area (Å²) in [4.78, 5) is 16.5. The average molecular weight is 349 g/mol. The summed E-state index contributed by atoms with van der Waals surface area (Å²) in [5, 5.41) is 5.94. The summed E-state index contributed by atoms with van der Waals surface area (Å²) in [5.41, 5.74) is 3.74. The second kappa shape index (κ2) is 7.78. The first-order valence-corrected chi connectivity index (χ1v) is 8.41. The minimum absolute atomic E-state index is 0.268. The molecule has 1 heterocycles. The van der Waals surface area contributed by atoms with Crippen LogP contribution in [0.1, 0.15) is 35.8 Å². The molecule has 26 heavy (non-hydrogen) atoms. The lowest BCUT2D eigenvalue weighted by molar-refractivity contribution is 0.102. The number of nitrogens with zero attached hydrogens (tertiary/aromatic N) is 1. The molecule has 0 aliphatic carbocycles. The monoisotopic (exact) mass is 349 g/mol. The van der Waals surface area contributed by atoms with Crippen LogP contribution < -0.4 is 10.6 Å². The fourth-order valence-corrected chi connectivity index (χ4v) is 2.45. The van der Waals surface area contributed by atoms with Crippen molar-refractivity contribution in [3.8, 4) is 0 Å². The molecule has 1 aromatic heterocycles. The Balaban J connectivity index is 1.63. The Morgan fingerprint density at radius 3 is 2.08 bits per heavy atom. The minimum atomic E-state index is -0.290. The Labute approximate surface area is 152 Å². The van der Waals surface area contributed by atoms with Gasteiger partial charge in [-0.25, -0.2) is 9.37 Å². The van der Waals surface area contributed by atoms with Gasteiger partial charge in [0.2, 0.25) is 0 Å². The van der Waals surface area contributed by atoms with Gasteiger partial charge in [-0.1, -0.05) is 26.0 Å². The zero-order chi connectivity index (χ0) is 18.5. The van der Waals surface area contributed by atoms with Crippen molar-refractivity contribution in [2.75, 3.05) is 10.6 Å². The highest BCUT2D eigenvalue weighted by atomic mass is 19.1. The SMILES string of the molecule is CC(C)c1ccc(NC(=O)c2ccc(Nc3ccc(F)cc3)cn2)cc1.